The van der Waals surface area contributed by atoms with Crippen LogP contribution >= 0.6 is 0 Å². The molecule has 5 heteroatoms. The maximum absolute atomic E-state index is 13.1. The molecule has 0 bridgehead atoms. The number of hydrogen-bond acceptors (Lipinski definition) is 4. The molecule has 2 saturated heterocycles. The van der Waals surface area contributed by atoms with E-state index < -0.39 is 5.95 Å². The molecule has 0 amide bonds. The van der Waals surface area contributed by atoms with Crippen LogP contribution in [0.5, 0.6) is 0 Å². The molecule has 1 aromatic rings. The zero-order chi connectivity index (χ0) is 13.1. The molecule has 0 aromatic carbocycles. The van der Waals surface area contributed by atoms with Crippen molar-refractivity contribution in [3.05, 3.63) is 18.3 Å². The zero-order valence-electron chi connectivity index (χ0n) is 11.3. The van der Waals surface area contributed by atoms with Gasteiger partial charge in [-0.2, -0.15) is 4.39 Å². The fourth-order valence-corrected chi connectivity index (χ4v) is 3.24. The number of anilines is 1. The minimum absolute atomic E-state index is 0.442. The number of likely N-dealkylation sites (tertiary alicyclic amines) is 1. The van der Waals surface area contributed by atoms with E-state index in [1.807, 2.05) is 0 Å². The molecule has 0 saturated carbocycles. The monoisotopic (exact) mass is 264 g/mol. The van der Waals surface area contributed by atoms with Crippen LogP contribution < -0.4 is 4.90 Å². The largest absolute Gasteiger partial charge is 0.356 e. The van der Waals surface area contributed by atoms with Crippen molar-refractivity contribution in [2.75, 3.05) is 31.1 Å². The third-order valence-electron chi connectivity index (χ3n) is 4.31. The van der Waals surface area contributed by atoms with Crippen molar-refractivity contribution < 1.29 is 4.39 Å². The van der Waals surface area contributed by atoms with E-state index in [0.29, 0.717) is 6.04 Å². The van der Waals surface area contributed by atoms with Crippen LogP contribution in [0.3, 0.4) is 0 Å². The van der Waals surface area contributed by atoms with Gasteiger partial charge in [0.25, 0.3) is 0 Å². The predicted molar refractivity (Wildman–Crippen MR) is 72.6 cm³/mol. The highest BCUT2D eigenvalue weighted by atomic mass is 19.1. The summed E-state index contributed by atoms with van der Waals surface area (Å²) in [5.74, 6) is 0.285. The van der Waals surface area contributed by atoms with Gasteiger partial charge in [-0.15, -0.1) is 0 Å². The Morgan fingerprint density at radius 2 is 1.74 bits per heavy atom. The summed E-state index contributed by atoms with van der Waals surface area (Å²) in [5.41, 5.74) is 0. The van der Waals surface area contributed by atoms with Gasteiger partial charge in [0.15, 0.2) is 0 Å². The van der Waals surface area contributed by atoms with Gasteiger partial charge in [0.1, 0.15) is 12.1 Å². The Labute approximate surface area is 113 Å². The first kappa shape index (κ1) is 12.8. The van der Waals surface area contributed by atoms with Crippen LogP contribution in [0.1, 0.15) is 32.1 Å². The molecule has 3 heterocycles. The summed E-state index contributed by atoms with van der Waals surface area (Å²) < 4.78 is 13.1. The molecule has 0 unspecified atom stereocenters. The predicted octanol–water partition coefficient (Wildman–Crippen LogP) is 2.07. The molecule has 2 aliphatic heterocycles. The molecule has 0 spiro atoms. The lowest BCUT2D eigenvalue weighted by Crippen LogP contribution is -2.47. The summed E-state index contributed by atoms with van der Waals surface area (Å²) in [6, 6.07) is 2.14. The average Bonchev–Trinajstić information content (AvgIpc) is 2.48. The first-order valence-corrected chi connectivity index (χ1v) is 7.29. The van der Waals surface area contributed by atoms with E-state index in [1.165, 1.54) is 44.7 Å². The summed E-state index contributed by atoms with van der Waals surface area (Å²) in [6.45, 7) is 4.45. The molecule has 2 aliphatic rings. The number of piperidine rings is 2. The molecule has 3 rings (SSSR count). The summed E-state index contributed by atoms with van der Waals surface area (Å²) >= 11 is 0. The number of rotatable bonds is 2. The fourth-order valence-electron chi connectivity index (χ4n) is 3.24. The SMILES string of the molecule is Fc1cc(N2CCC(N3CCCCC3)CC2)ncn1. The smallest absolute Gasteiger partial charge is 0.218 e. The van der Waals surface area contributed by atoms with Crippen LogP contribution in [0, 0.1) is 5.95 Å². The van der Waals surface area contributed by atoms with Crippen LogP contribution in [0.2, 0.25) is 0 Å². The Balaban J connectivity index is 1.57. The van der Waals surface area contributed by atoms with Crippen molar-refractivity contribution in [1.82, 2.24) is 14.9 Å². The second kappa shape index (κ2) is 5.82. The zero-order valence-corrected chi connectivity index (χ0v) is 11.3. The third kappa shape index (κ3) is 3.03. The summed E-state index contributed by atoms with van der Waals surface area (Å²) in [6.07, 6.45) is 7.70. The van der Waals surface area contributed by atoms with Crippen LogP contribution in [0.4, 0.5) is 10.2 Å². The highest BCUT2D eigenvalue weighted by molar-refractivity contribution is 5.37. The van der Waals surface area contributed by atoms with Gasteiger partial charge in [-0.3, -0.25) is 0 Å². The lowest BCUT2D eigenvalue weighted by Gasteiger charge is -2.40. The van der Waals surface area contributed by atoms with Gasteiger partial charge in [-0.25, -0.2) is 9.97 Å². The molecule has 104 valence electrons. The summed E-state index contributed by atoms with van der Waals surface area (Å²) in [7, 11) is 0. The standard InChI is InChI=1S/C14H21FN4/c15-13-10-14(17-11-16-13)19-8-4-12(5-9-19)18-6-2-1-3-7-18/h10-12H,1-9H2. The number of aromatic nitrogens is 2. The maximum atomic E-state index is 13.1. The van der Waals surface area contributed by atoms with Crippen LogP contribution in [0.25, 0.3) is 0 Å². The minimum Gasteiger partial charge on any atom is -0.356 e. The molecule has 0 N–H and O–H groups in total. The van der Waals surface area contributed by atoms with E-state index in [0.717, 1.165) is 31.7 Å². The Bertz CT molecular complexity index is 412. The first-order valence-electron chi connectivity index (χ1n) is 7.29. The van der Waals surface area contributed by atoms with E-state index in [4.69, 9.17) is 0 Å². The third-order valence-corrected chi connectivity index (χ3v) is 4.31. The second-order valence-electron chi connectivity index (χ2n) is 5.51. The number of nitrogens with zero attached hydrogens (tertiary/aromatic N) is 4. The van der Waals surface area contributed by atoms with Crippen molar-refractivity contribution >= 4 is 5.82 Å². The maximum Gasteiger partial charge on any atom is 0.218 e. The van der Waals surface area contributed by atoms with Gasteiger partial charge in [-0.1, -0.05) is 6.42 Å². The van der Waals surface area contributed by atoms with Gasteiger partial charge in [0.2, 0.25) is 5.95 Å². The van der Waals surface area contributed by atoms with E-state index in [1.54, 1.807) is 0 Å². The molecule has 0 atom stereocenters. The second-order valence-corrected chi connectivity index (χ2v) is 5.51. The molecule has 0 aliphatic carbocycles. The van der Waals surface area contributed by atoms with Gasteiger partial charge in [0.05, 0.1) is 0 Å². The van der Waals surface area contributed by atoms with E-state index in [2.05, 4.69) is 19.8 Å². The summed E-state index contributed by atoms with van der Waals surface area (Å²) in [5, 5.41) is 0. The highest BCUT2D eigenvalue weighted by Crippen LogP contribution is 2.23. The van der Waals surface area contributed by atoms with Crippen LogP contribution in [0.15, 0.2) is 12.4 Å². The Morgan fingerprint density at radius 1 is 1.00 bits per heavy atom. The average molecular weight is 264 g/mol. The quantitative estimate of drug-likeness (QED) is 0.766. The van der Waals surface area contributed by atoms with E-state index in [9.17, 15) is 4.39 Å². The van der Waals surface area contributed by atoms with Crippen LogP contribution in [-0.2, 0) is 0 Å². The lowest BCUT2D eigenvalue weighted by molar-refractivity contribution is 0.141. The summed E-state index contributed by atoms with van der Waals surface area (Å²) in [4.78, 5) is 12.5. The molecule has 2 fully saturated rings. The van der Waals surface area contributed by atoms with Gasteiger partial charge < -0.3 is 9.80 Å². The van der Waals surface area contributed by atoms with Crippen molar-refractivity contribution in [1.29, 1.82) is 0 Å². The number of halogens is 1. The van der Waals surface area contributed by atoms with Gasteiger partial charge in [0, 0.05) is 25.2 Å². The molecule has 1 aromatic heterocycles. The number of hydrogen-bond donors (Lipinski definition) is 0. The molecular weight excluding hydrogens is 243 g/mol. The van der Waals surface area contributed by atoms with E-state index in [-0.39, 0.29) is 0 Å². The van der Waals surface area contributed by atoms with Gasteiger partial charge >= 0.3 is 0 Å². The topological polar surface area (TPSA) is 32.3 Å². The van der Waals surface area contributed by atoms with E-state index >= 15 is 0 Å². The molecule has 0 radical (unpaired) electrons. The van der Waals surface area contributed by atoms with Crippen molar-refractivity contribution in [2.45, 2.75) is 38.1 Å². The lowest BCUT2D eigenvalue weighted by atomic mass is 10.00. The van der Waals surface area contributed by atoms with Crippen molar-refractivity contribution in [3.8, 4) is 0 Å². The normalized spacial score (nSPS) is 22.7. The highest BCUT2D eigenvalue weighted by Gasteiger charge is 2.26. The minimum atomic E-state index is -0.442. The Kier molecular flexibility index (Phi) is 3.92. The molecule has 4 nitrogen and oxygen atoms in total. The fraction of sp³-hybridized carbons (Fsp3) is 0.714. The van der Waals surface area contributed by atoms with Crippen molar-refractivity contribution in [2.24, 2.45) is 0 Å². The first-order chi connectivity index (χ1) is 9.33. The van der Waals surface area contributed by atoms with Crippen molar-refractivity contribution in [3.63, 3.8) is 0 Å². The van der Waals surface area contributed by atoms with Crippen LogP contribution in [-0.4, -0.2) is 47.1 Å². The Hall–Kier alpha value is -1.23. The molecular formula is C14H21FN4. The Morgan fingerprint density at radius 3 is 2.42 bits per heavy atom. The molecule has 19 heavy (non-hydrogen) atoms. The van der Waals surface area contributed by atoms with Gasteiger partial charge in [-0.05, 0) is 38.8 Å².